The molecule has 0 spiro atoms. The lowest BCUT2D eigenvalue weighted by Crippen LogP contribution is -2.33. The third kappa shape index (κ3) is 5.32. The Labute approximate surface area is 64.2 Å². The highest BCUT2D eigenvalue weighted by Gasteiger charge is 2.24. The summed E-state index contributed by atoms with van der Waals surface area (Å²) in [5.41, 5.74) is -0.817. The SMILES string of the molecule is CC(C)(CC(=O)[O-])C[N+](=O)[O-]. The first-order valence-corrected chi connectivity index (χ1v) is 3.15. The quantitative estimate of drug-likeness (QED) is 0.407. The Balaban J connectivity index is 3.99. The Hall–Kier alpha value is -1.13. The molecule has 0 aliphatic carbocycles. The second kappa shape index (κ2) is 3.32. The second-order valence-corrected chi connectivity index (χ2v) is 3.20. The molecule has 0 rings (SSSR count). The average molecular weight is 160 g/mol. The molecule has 0 fully saturated rings. The van der Waals surface area contributed by atoms with Gasteiger partial charge in [-0.15, -0.1) is 0 Å². The lowest BCUT2D eigenvalue weighted by Gasteiger charge is -2.19. The molecule has 0 aliphatic heterocycles. The van der Waals surface area contributed by atoms with E-state index in [9.17, 15) is 20.0 Å². The van der Waals surface area contributed by atoms with Crippen LogP contribution in [-0.4, -0.2) is 17.4 Å². The van der Waals surface area contributed by atoms with Crippen molar-refractivity contribution >= 4 is 5.97 Å². The van der Waals surface area contributed by atoms with Crippen molar-refractivity contribution in [2.45, 2.75) is 20.3 Å². The highest BCUT2D eigenvalue weighted by atomic mass is 16.6. The van der Waals surface area contributed by atoms with Gasteiger partial charge in [-0.1, -0.05) is 13.8 Å². The zero-order chi connectivity index (χ0) is 9.07. The van der Waals surface area contributed by atoms with Crippen LogP contribution in [0.5, 0.6) is 0 Å². The van der Waals surface area contributed by atoms with Crippen molar-refractivity contribution < 1.29 is 14.8 Å². The third-order valence-corrected chi connectivity index (χ3v) is 1.18. The number of carboxylic acid groups (broad SMARTS) is 1. The van der Waals surface area contributed by atoms with E-state index in [-0.39, 0.29) is 13.0 Å². The van der Waals surface area contributed by atoms with Crippen LogP contribution >= 0.6 is 0 Å². The van der Waals surface area contributed by atoms with Crippen molar-refractivity contribution in [3.8, 4) is 0 Å². The topological polar surface area (TPSA) is 83.3 Å². The predicted molar refractivity (Wildman–Crippen MR) is 35.3 cm³/mol. The predicted octanol–water partition coefficient (Wildman–Crippen LogP) is -0.571. The summed E-state index contributed by atoms with van der Waals surface area (Å²) in [5, 5.41) is 20.1. The monoisotopic (exact) mass is 160 g/mol. The molecule has 0 radical (unpaired) electrons. The van der Waals surface area contributed by atoms with Crippen LogP contribution in [0.25, 0.3) is 0 Å². The fourth-order valence-electron chi connectivity index (χ4n) is 0.796. The largest absolute Gasteiger partial charge is 0.550 e. The summed E-state index contributed by atoms with van der Waals surface area (Å²) in [7, 11) is 0. The van der Waals surface area contributed by atoms with E-state index in [1.54, 1.807) is 0 Å². The molecule has 5 heteroatoms. The molecule has 0 aromatic carbocycles. The maximum absolute atomic E-state index is 10.1. The van der Waals surface area contributed by atoms with E-state index in [4.69, 9.17) is 0 Å². The molecule has 0 aromatic heterocycles. The normalized spacial score (nSPS) is 11.1. The molecule has 0 N–H and O–H groups in total. The van der Waals surface area contributed by atoms with Crippen molar-refractivity contribution in [2.24, 2.45) is 5.41 Å². The highest BCUT2D eigenvalue weighted by Crippen LogP contribution is 2.19. The highest BCUT2D eigenvalue weighted by molar-refractivity contribution is 5.65. The smallest absolute Gasteiger partial charge is 0.209 e. The van der Waals surface area contributed by atoms with Crippen molar-refractivity contribution in [1.29, 1.82) is 0 Å². The van der Waals surface area contributed by atoms with Gasteiger partial charge in [0.25, 0.3) is 0 Å². The zero-order valence-electron chi connectivity index (χ0n) is 6.49. The molecule has 11 heavy (non-hydrogen) atoms. The Morgan fingerprint density at radius 2 is 2.00 bits per heavy atom. The number of hydrogen-bond donors (Lipinski definition) is 0. The molecule has 0 saturated carbocycles. The number of nitro groups is 1. The summed E-state index contributed by atoms with van der Waals surface area (Å²) in [6, 6.07) is 0. The molecular formula is C6H10NO4-. The van der Waals surface area contributed by atoms with Crippen LogP contribution < -0.4 is 5.11 Å². The Morgan fingerprint density at radius 1 is 1.55 bits per heavy atom. The Morgan fingerprint density at radius 3 is 2.27 bits per heavy atom. The number of nitrogens with zero attached hydrogens (tertiary/aromatic N) is 1. The van der Waals surface area contributed by atoms with Gasteiger partial charge in [0.2, 0.25) is 6.54 Å². The van der Waals surface area contributed by atoms with Crippen LogP contribution in [0, 0.1) is 15.5 Å². The van der Waals surface area contributed by atoms with Crippen LogP contribution in [0.15, 0.2) is 0 Å². The van der Waals surface area contributed by atoms with Crippen LogP contribution in [-0.2, 0) is 4.79 Å². The summed E-state index contributed by atoms with van der Waals surface area (Å²) in [4.78, 5) is 19.5. The van der Waals surface area contributed by atoms with Crippen molar-refractivity contribution in [1.82, 2.24) is 0 Å². The molecule has 0 heterocycles. The van der Waals surface area contributed by atoms with Gasteiger partial charge in [-0.2, -0.15) is 0 Å². The van der Waals surface area contributed by atoms with E-state index in [0.717, 1.165) is 0 Å². The van der Waals surface area contributed by atoms with Crippen molar-refractivity contribution in [2.75, 3.05) is 6.54 Å². The number of rotatable bonds is 4. The van der Waals surface area contributed by atoms with Gasteiger partial charge in [0.1, 0.15) is 0 Å². The van der Waals surface area contributed by atoms with E-state index in [2.05, 4.69) is 0 Å². The molecule has 5 nitrogen and oxygen atoms in total. The maximum atomic E-state index is 10.1. The van der Waals surface area contributed by atoms with E-state index >= 15 is 0 Å². The number of carbonyl (C=O) groups excluding carboxylic acids is 1. The lowest BCUT2D eigenvalue weighted by atomic mass is 9.90. The fourth-order valence-corrected chi connectivity index (χ4v) is 0.796. The summed E-state index contributed by atoms with van der Waals surface area (Å²) < 4.78 is 0. The summed E-state index contributed by atoms with van der Waals surface area (Å²) in [6.45, 7) is 2.69. The summed E-state index contributed by atoms with van der Waals surface area (Å²) in [5.74, 6) is -1.25. The zero-order valence-corrected chi connectivity index (χ0v) is 6.49. The number of carboxylic acids is 1. The van der Waals surface area contributed by atoms with Crippen LogP contribution in [0.4, 0.5) is 0 Å². The van der Waals surface area contributed by atoms with E-state index in [1.165, 1.54) is 13.8 Å². The number of hydrogen-bond acceptors (Lipinski definition) is 4. The molecule has 0 aliphatic rings. The molecule has 0 bridgehead atoms. The molecular weight excluding hydrogens is 150 g/mol. The van der Waals surface area contributed by atoms with Gasteiger partial charge < -0.3 is 9.90 Å². The fraction of sp³-hybridized carbons (Fsp3) is 0.833. The first kappa shape index (κ1) is 9.87. The molecule has 0 atom stereocenters. The van der Waals surface area contributed by atoms with Gasteiger partial charge in [0, 0.05) is 16.3 Å². The van der Waals surface area contributed by atoms with Gasteiger partial charge in [0.05, 0.1) is 0 Å². The van der Waals surface area contributed by atoms with E-state index in [1.807, 2.05) is 0 Å². The molecule has 0 aromatic rings. The van der Waals surface area contributed by atoms with E-state index in [0.29, 0.717) is 0 Å². The first-order chi connectivity index (χ1) is 4.83. The maximum Gasteiger partial charge on any atom is 0.209 e. The number of carbonyl (C=O) groups is 1. The molecule has 0 saturated heterocycles. The summed E-state index contributed by atoms with van der Waals surface area (Å²) >= 11 is 0. The van der Waals surface area contributed by atoms with Gasteiger partial charge >= 0.3 is 0 Å². The van der Waals surface area contributed by atoms with Gasteiger partial charge in [-0.3, -0.25) is 10.1 Å². The van der Waals surface area contributed by atoms with Gasteiger partial charge in [-0.05, 0) is 6.42 Å². The van der Waals surface area contributed by atoms with Crippen LogP contribution in [0.1, 0.15) is 20.3 Å². The minimum absolute atomic E-state index is 0.284. The minimum atomic E-state index is -1.25. The number of aliphatic carboxylic acids is 1. The average Bonchev–Trinajstić information content (AvgIpc) is 1.53. The molecule has 64 valence electrons. The first-order valence-electron chi connectivity index (χ1n) is 3.15. The third-order valence-electron chi connectivity index (χ3n) is 1.18. The second-order valence-electron chi connectivity index (χ2n) is 3.20. The molecule has 0 unspecified atom stereocenters. The Kier molecular flexibility index (Phi) is 2.98. The van der Waals surface area contributed by atoms with Gasteiger partial charge in [0.15, 0.2) is 0 Å². The molecule has 0 amide bonds. The summed E-state index contributed by atoms with van der Waals surface area (Å²) in [6.07, 6.45) is -0.284. The Bertz CT molecular complexity index is 157. The van der Waals surface area contributed by atoms with Crippen LogP contribution in [0.2, 0.25) is 0 Å². The van der Waals surface area contributed by atoms with Crippen LogP contribution in [0.3, 0.4) is 0 Å². The minimum Gasteiger partial charge on any atom is -0.550 e. The van der Waals surface area contributed by atoms with Crippen molar-refractivity contribution in [3.05, 3.63) is 10.1 Å². The standard InChI is InChI=1S/C6H11NO4/c1-6(2,3-5(8)9)4-7(10)11/h3-4H2,1-2H3,(H,8,9)/p-1. The lowest BCUT2D eigenvalue weighted by molar-refractivity contribution is -0.496. The van der Waals surface area contributed by atoms with E-state index < -0.39 is 16.3 Å². The van der Waals surface area contributed by atoms with Gasteiger partial charge in [-0.25, -0.2) is 0 Å². The van der Waals surface area contributed by atoms with Crippen molar-refractivity contribution in [3.63, 3.8) is 0 Å².